The van der Waals surface area contributed by atoms with Gasteiger partial charge >= 0.3 is 0 Å². The molecule has 4 heterocycles. The summed E-state index contributed by atoms with van der Waals surface area (Å²) < 4.78 is 2.20. The summed E-state index contributed by atoms with van der Waals surface area (Å²) >= 11 is 1.87. The number of aromatic nitrogens is 3. The molecule has 0 radical (unpaired) electrons. The Kier molecular flexibility index (Phi) is 6.74. The average Bonchev–Trinajstić information content (AvgIpc) is 3.50. The first-order valence-corrected chi connectivity index (χ1v) is 17.6. The molecule has 1 aliphatic rings. The van der Waals surface area contributed by atoms with Crippen LogP contribution in [0, 0.1) is 0 Å². The molecular formula is C46H29N3S. The van der Waals surface area contributed by atoms with Gasteiger partial charge in [-0.1, -0.05) is 127 Å². The van der Waals surface area contributed by atoms with Crippen LogP contribution in [0.5, 0.6) is 0 Å². The Bertz CT molecular complexity index is 2790. The van der Waals surface area contributed by atoms with E-state index in [2.05, 4.69) is 149 Å². The highest BCUT2D eigenvalue weighted by Crippen LogP contribution is 2.47. The van der Waals surface area contributed by atoms with Crippen molar-refractivity contribution in [3.05, 3.63) is 175 Å². The Morgan fingerprint density at radius 3 is 2.14 bits per heavy atom. The maximum Gasteiger partial charge on any atom is 0.137 e. The van der Waals surface area contributed by atoms with E-state index < -0.39 is 0 Å². The molecule has 10 rings (SSSR count). The summed E-state index contributed by atoms with van der Waals surface area (Å²) in [6, 6.07) is 54.6. The van der Waals surface area contributed by atoms with E-state index in [1.807, 2.05) is 48.4 Å². The topological polar surface area (TPSA) is 30.7 Å². The second kappa shape index (κ2) is 11.7. The molecule has 1 aliphatic heterocycles. The smallest absolute Gasteiger partial charge is 0.137 e. The first-order chi connectivity index (χ1) is 24.8. The van der Waals surface area contributed by atoms with E-state index in [4.69, 9.17) is 4.98 Å². The lowest BCUT2D eigenvalue weighted by molar-refractivity contribution is 1.08. The highest BCUT2D eigenvalue weighted by Gasteiger charge is 2.19. The molecule has 4 heteroatoms. The zero-order valence-corrected chi connectivity index (χ0v) is 27.8. The zero-order valence-electron chi connectivity index (χ0n) is 27.0. The molecule has 0 fully saturated rings. The molecule has 0 unspecified atom stereocenters. The monoisotopic (exact) mass is 655 g/mol. The fourth-order valence-corrected chi connectivity index (χ4v) is 8.62. The van der Waals surface area contributed by atoms with Crippen molar-refractivity contribution in [2.75, 3.05) is 0 Å². The van der Waals surface area contributed by atoms with Crippen molar-refractivity contribution in [2.24, 2.45) is 0 Å². The molecule has 0 atom stereocenters. The van der Waals surface area contributed by atoms with Gasteiger partial charge in [0, 0.05) is 27.6 Å². The molecule has 3 nitrogen and oxygen atoms in total. The van der Waals surface area contributed by atoms with E-state index in [9.17, 15) is 0 Å². The normalized spacial score (nSPS) is 12.9. The third kappa shape index (κ3) is 4.68. The molecule has 0 spiro atoms. The van der Waals surface area contributed by atoms with Crippen molar-refractivity contribution in [3.8, 4) is 39.2 Å². The van der Waals surface area contributed by atoms with E-state index >= 15 is 0 Å². The minimum atomic E-state index is 0.883. The molecule has 6 aromatic carbocycles. The maximum atomic E-state index is 4.85. The summed E-state index contributed by atoms with van der Waals surface area (Å²) in [7, 11) is 0. The lowest BCUT2D eigenvalue weighted by atomic mass is 9.92. The van der Waals surface area contributed by atoms with Gasteiger partial charge in [-0.2, -0.15) is 0 Å². The van der Waals surface area contributed by atoms with Crippen molar-refractivity contribution < 1.29 is 0 Å². The van der Waals surface area contributed by atoms with Crippen LogP contribution in [0.3, 0.4) is 0 Å². The Morgan fingerprint density at radius 2 is 1.22 bits per heavy atom. The van der Waals surface area contributed by atoms with Gasteiger partial charge in [0.15, 0.2) is 0 Å². The molecule has 0 bridgehead atoms. The van der Waals surface area contributed by atoms with Gasteiger partial charge < -0.3 is 0 Å². The Balaban J connectivity index is 1.22. The maximum absolute atomic E-state index is 4.85. The minimum absolute atomic E-state index is 0.883. The van der Waals surface area contributed by atoms with Gasteiger partial charge in [0.25, 0.3) is 0 Å². The van der Waals surface area contributed by atoms with Gasteiger partial charge in [-0.25, -0.2) is 4.98 Å². The number of benzene rings is 6. The van der Waals surface area contributed by atoms with E-state index in [0.717, 1.165) is 38.9 Å². The van der Waals surface area contributed by atoms with Crippen LogP contribution in [0.4, 0.5) is 0 Å². The molecule has 50 heavy (non-hydrogen) atoms. The quantitative estimate of drug-likeness (QED) is 0.186. The highest BCUT2D eigenvalue weighted by molar-refractivity contribution is 7.99. The number of rotatable bonds is 2. The van der Waals surface area contributed by atoms with E-state index in [-0.39, 0.29) is 0 Å². The van der Waals surface area contributed by atoms with Crippen LogP contribution < -0.4 is 0 Å². The average molecular weight is 656 g/mol. The van der Waals surface area contributed by atoms with Gasteiger partial charge in [-0.05, 0) is 104 Å². The van der Waals surface area contributed by atoms with Crippen molar-refractivity contribution in [1.82, 2.24) is 14.5 Å². The number of fused-ring (bicyclic) bond motifs is 11. The van der Waals surface area contributed by atoms with Crippen molar-refractivity contribution >= 4 is 56.6 Å². The first-order valence-electron chi connectivity index (χ1n) is 16.8. The Labute approximate surface area is 294 Å². The second-order valence-corrected chi connectivity index (χ2v) is 13.7. The lowest BCUT2D eigenvalue weighted by Gasteiger charge is -2.17. The summed E-state index contributed by atoms with van der Waals surface area (Å²) in [6.45, 7) is 0. The largest absolute Gasteiger partial charge is 0.292 e. The summed E-state index contributed by atoms with van der Waals surface area (Å²) in [6.07, 6.45) is 8.26. The molecule has 0 saturated carbocycles. The van der Waals surface area contributed by atoms with Gasteiger partial charge in [0.2, 0.25) is 0 Å². The zero-order chi connectivity index (χ0) is 33.0. The predicted molar refractivity (Wildman–Crippen MR) is 210 cm³/mol. The summed E-state index contributed by atoms with van der Waals surface area (Å²) in [5.74, 6) is 0.883. The SMILES string of the molecule is C1=C\c2ccc(-c3ccc4c(c3)c3ncccc3n4-c3ccccn3)cc2-c2ccc3ccccc3c2Sc2ccccc2-c2ccccc2/1. The predicted octanol–water partition coefficient (Wildman–Crippen LogP) is 12.4. The van der Waals surface area contributed by atoms with E-state index in [1.165, 1.54) is 53.9 Å². The first kappa shape index (κ1) is 28.8. The fourth-order valence-electron chi connectivity index (χ4n) is 7.38. The van der Waals surface area contributed by atoms with Crippen LogP contribution in [0.25, 0.3) is 84.1 Å². The Hall–Kier alpha value is -6.23. The molecule has 0 aliphatic carbocycles. The van der Waals surface area contributed by atoms with Crippen molar-refractivity contribution in [2.45, 2.75) is 9.79 Å². The van der Waals surface area contributed by atoms with E-state index in [1.54, 1.807) is 0 Å². The molecule has 3 aromatic heterocycles. The highest BCUT2D eigenvalue weighted by atomic mass is 32.2. The summed E-state index contributed by atoms with van der Waals surface area (Å²) in [4.78, 5) is 12.0. The van der Waals surface area contributed by atoms with Crippen LogP contribution in [0.1, 0.15) is 11.1 Å². The van der Waals surface area contributed by atoms with Crippen LogP contribution in [0.15, 0.2) is 174 Å². The van der Waals surface area contributed by atoms with Crippen molar-refractivity contribution in [3.63, 3.8) is 0 Å². The summed E-state index contributed by atoms with van der Waals surface area (Å²) in [5.41, 5.74) is 12.7. The molecule has 9 aromatic rings. The Morgan fingerprint density at radius 1 is 0.460 bits per heavy atom. The molecule has 0 saturated heterocycles. The van der Waals surface area contributed by atoms with Gasteiger partial charge in [0.1, 0.15) is 5.82 Å². The molecule has 0 amide bonds. The molecule has 0 N–H and O–H groups in total. The minimum Gasteiger partial charge on any atom is -0.292 e. The van der Waals surface area contributed by atoms with Gasteiger partial charge in [-0.3, -0.25) is 9.55 Å². The third-order valence-electron chi connectivity index (χ3n) is 9.75. The number of nitrogens with zero attached hydrogens (tertiary/aromatic N) is 3. The van der Waals surface area contributed by atoms with E-state index in [0.29, 0.717) is 0 Å². The second-order valence-electron chi connectivity index (χ2n) is 12.6. The number of hydrogen-bond acceptors (Lipinski definition) is 3. The lowest BCUT2D eigenvalue weighted by Crippen LogP contribution is -1.96. The molecular weight excluding hydrogens is 627 g/mol. The van der Waals surface area contributed by atoms with Gasteiger partial charge in [-0.15, -0.1) is 0 Å². The standard InChI is InChI=1S/C46H29N3S/c1-3-12-35-30(10-1)18-19-32-20-21-33(34-23-25-41-40(29-34)45-42(15-9-27-48-45)49(41)44-17-7-8-26-47-44)28-39(32)38-24-22-31-11-2-4-13-36(31)46(38)50-43-16-6-5-14-37(35)43/h1-29H/b19-18-. The van der Waals surface area contributed by atoms with Gasteiger partial charge in [0.05, 0.1) is 16.6 Å². The van der Waals surface area contributed by atoms with Crippen molar-refractivity contribution in [1.29, 1.82) is 0 Å². The van der Waals surface area contributed by atoms with Crippen LogP contribution in [0.2, 0.25) is 0 Å². The summed E-state index contributed by atoms with van der Waals surface area (Å²) in [5, 5.41) is 3.60. The number of hydrogen-bond donors (Lipinski definition) is 0. The number of pyridine rings is 2. The molecule has 234 valence electrons. The third-order valence-corrected chi connectivity index (χ3v) is 11.0. The fraction of sp³-hybridized carbons (Fsp3) is 0. The van der Waals surface area contributed by atoms with Crippen LogP contribution in [-0.2, 0) is 0 Å². The van der Waals surface area contributed by atoms with Crippen LogP contribution >= 0.6 is 11.8 Å². The van der Waals surface area contributed by atoms with Crippen LogP contribution in [-0.4, -0.2) is 14.5 Å².